The third-order valence-electron chi connectivity index (χ3n) is 5.11. The van der Waals surface area contributed by atoms with E-state index in [9.17, 15) is 0 Å². The number of benzene rings is 1. The van der Waals surface area contributed by atoms with Crippen molar-refractivity contribution in [3.63, 3.8) is 0 Å². The molecule has 1 saturated heterocycles. The molecule has 0 spiro atoms. The van der Waals surface area contributed by atoms with Crippen LogP contribution in [0.3, 0.4) is 0 Å². The van der Waals surface area contributed by atoms with Crippen molar-refractivity contribution >= 4 is 22.5 Å². The highest BCUT2D eigenvalue weighted by atomic mass is 15.3. The number of rotatable bonds is 4. The van der Waals surface area contributed by atoms with Crippen LogP contribution in [0.1, 0.15) is 37.1 Å². The number of aryl methyl sites for hydroxylation is 1. The smallest absolute Gasteiger partial charge is 0.145 e. The maximum Gasteiger partial charge on any atom is 0.145 e. The van der Waals surface area contributed by atoms with Gasteiger partial charge in [0, 0.05) is 49.2 Å². The Bertz CT molecular complexity index is 978. The van der Waals surface area contributed by atoms with Crippen LogP contribution in [-0.4, -0.2) is 51.0 Å². The fraction of sp³-hybridized carbons (Fsp3) is 0.429. The molecule has 1 aromatic carbocycles. The minimum atomic E-state index is 0.329. The molecule has 0 unspecified atom stereocenters. The molecular formula is C21H27N7. The second-order valence-corrected chi connectivity index (χ2v) is 7.69. The predicted molar refractivity (Wildman–Crippen MR) is 112 cm³/mol. The Morgan fingerprint density at radius 1 is 1.00 bits per heavy atom. The Balaban J connectivity index is 1.44. The third-order valence-corrected chi connectivity index (χ3v) is 5.11. The van der Waals surface area contributed by atoms with Crippen LogP contribution in [0.15, 0.2) is 30.3 Å². The van der Waals surface area contributed by atoms with Crippen molar-refractivity contribution in [1.29, 1.82) is 0 Å². The maximum atomic E-state index is 6.12. The van der Waals surface area contributed by atoms with Gasteiger partial charge in [-0.2, -0.15) is 0 Å². The summed E-state index contributed by atoms with van der Waals surface area (Å²) in [6.45, 7) is 10.7. The number of aromatic nitrogens is 4. The number of piperazine rings is 1. The molecule has 0 aliphatic carbocycles. The largest absolute Gasteiger partial charge is 0.383 e. The first kappa shape index (κ1) is 18.6. The molecule has 2 aromatic heterocycles. The molecule has 1 aliphatic rings. The highest BCUT2D eigenvalue weighted by Crippen LogP contribution is 2.20. The minimum Gasteiger partial charge on any atom is -0.383 e. The van der Waals surface area contributed by atoms with Gasteiger partial charge in [-0.15, -0.1) is 0 Å². The van der Waals surface area contributed by atoms with Crippen LogP contribution >= 0.6 is 0 Å². The van der Waals surface area contributed by atoms with Gasteiger partial charge >= 0.3 is 0 Å². The lowest BCUT2D eigenvalue weighted by atomic mass is 10.2. The lowest BCUT2D eigenvalue weighted by molar-refractivity contribution is 0.244. The van der Waals surface area contributed by atoms with Crippen molar-refractivity contribution < 1.29 is 0 Å². The van der Waals surface area contributed by atoms with Gasteiger partial charge in [-0.3, -0.25) is 4.90 Å². The number of nitrogen functional groups attached to an aromatic ring is 1. The van der Waals surface area contributed by atoms with E-state index in [1.807, 2.05) is 31.2 Å². The summed E-state index contributed by atoms with van der Waals surface area (Å²) in [5.41, 5.74) is 8.05. The zero-order valence-corrected chi connectivity index (χ0v) is 16.8. The Labute approximate surface area is 165 Å². The molecule has 0 atom stereocenters. The number of hydrogen-bond acceptors (Lipinski definition) is 7. The van der Waals surface area contributed by atoms with Crippen LogP contribution in [-0.2, 0) is 6.54 Å². The van der Waals surface area contributed by atoms with E-state index in [4.69, 9.17) is 10.7 Å². The molecule has 3 heterocycles. The summed E-state index contributed by atoms with van der Waals surface area (Å²) in [7, 11) is 0. The number of hydrogen-bond donors (Lipinski definition) is 1. The van der Waals surface area contributed by atoms with Crippen molar-refractivity contribution in [2.75, 3.05) is 36.8 Å². The Morgan fingerprint density at radius 2 is 1.75 bits per heavy atom. The standard InChI is InChI=1S/C21H27N7/c1-14(2)21-23-15(3)12-19(26-21)28-10-8-27(9-11-28)13-18-24-17-7-5-4-6-16(17)20(22)25-18/h4-7,12,14H,8-11,13H2,1-3H3,(H2,22,24,25). The van der Waals surface area contributed by atoms with Gasteiger partial charge in [-0.25, -0.2) is 19.9 Å². The van der Waals surface area contributed by atoms with Gasteiger partial charge in [0.1, 0.15) is 23.3 Å². The second kappa shape index (κ2) is 7.67. The van der Waals surface area contributed by atoms with Crippen molar-refractivity contribution in [2.45, 2.75) is 33.2 Å². The van der Waals surface area contributed by atoms with Gasteiger partial charge in [-0.1, -0.05) is 26.0 Å². The zero-order chi connectivity index (χ0) is 19.7. The molecule has 7 heteroatoms. The van der Waals surface area contributed by atoms with E-state index in [0.29, 0.717) is 18.3 Å². The van der Waals surface area contributed by atoms with E-state index in [2.05, 4.69) is 44.7 Å². The Morgan fingerprint density at radius 3 is 2.50 bits per heavy atom. The molecule has 3 aromatic rings. The fourth-order valence-electron chi connectivity index (χ4n) is 3.55. The zero-order valence-electron chi connectivity index (χ0n) is 16.8. The van der Waals surface area contributed by atoms with Crippen LogP contribution in [0.5, 0.6) is 0 Å². The van der Waals surface area contributed by atoms with Crippen LogP contribution in [0.25, 0.3) is 10.9 Å². The molecule has 2 N–H and O–H groups in total. The molecule has 0 amide bonds. The molecule has 4 rings (SSSR count). The van der Waals surface area contributed by atoms with E-state index in [1.165, 1.54) is 0 Å². The molecular weight excluding hydrogens is 350 g/mol. The number of nitrogens with zero attached hydrogens (tertiary/aromatic N) is 6. The highest BCUT2D eigenvalue weighted by molar-refractivity contribution is 5.87. The summed E-state index contributed by atoms with van der Waals surface area (Å²) in [4.78, 5) is 23.2. The Hall–Kier alpha value is -2.80. The van der Waals surface area contributed by atoms with Crippen molar-refractivity contribution in [3.8, 4) is 0 Å². The van der Waals surface area contributed by atoms with E-state index in [-0.39, 0.29) is 0 Å². The number of nitrogens with two attached hydrogens (primary N) is 1. The van der Waals surface area contributed by atoms with Crippen LogP contribution in [0.4, 0.5) is 11.6 Å². The molecule has 146 valence electrons. The van der Waals surface area contributed by atoms with E-state index in [0.717, 1.165) is 60.2 Å². The monoisotopic (exact) mass is 377 g/mol. The molecule has 0 saturated carbocycles. The van der Waals surface area contributed by atoms with Crippen molar-refractivity contribution in [1.82, 2.24) is 24.8 Å². The van der Waals surface area contributed by atoms with Crippen LogP contribution < -0.4 is 10.6 Å². The van der Waals surface area contributed by atoms with Gasteiger partial charge in [0.2, 0.25) is 0 Å². The van der Waals surface area contributed by atoms with E-state index < -0.39 is 0 Å². The maximum absolute atomic E-state index is 6.12. The summed E-state index contributed by atoms with van der Waals surface area (Å²) in [5, 5.41) is 0.913. The molecule has 28 heavy (non-hydrogen) atoms. The average Bonchev–Trinajstić information content (AvgIpc) is 2.68. The van der Waals surface area contributed by atoms with Gasteiger partial charge in [0.15, 0.2) is 0 Å². The van der Waals surface area contributed by atoms with Crippen molar-refractivity contribution in [2.24, 2.45) is 0 Å². The first-order valence-corrected chi connectivity index (χ1v) is 9.83. The SMILES string of the molecule is Cc1cc(N2CCN(Cc3nc(N)c4ccccc4n3)CC2)nc(C(C)C)n1. The predicted octanol–water partition coefficient (Wildman–Crippen LogP) is 2.76. The van der Waals surface area contributed by atoms with Crippen molar-refractivity contribution in [3.05, 3.63) is 47.7 Å². The summed E-state index contributed by atoms with van der Waals surface area (Å²) >= 11 is 0. The first-order chi connectivity index (χ1) is 13.5. The van der Waals surface area contributed by atoms with Crippen LogP contribution in [0.2, 0.25) is 0 Å². The van der Waals surface area contributed by atoms with Crippen LogP contribution in [0, 0.1) is 6.92 Å². The lowest BCUT2D eigenvalue weighted by Gasteiger charge is -2.35. The van der Waals surface area contributed by atoms with Gasteiger partial charge in [0.25, 0.3) is 0 Å². The van der Waals surface area contributed by atoms with E-state index in [1.54, 1.807) is 0 Å². The second-order valence-electron chi connectivity index (χ2n) is 7.69. The van der Waals surface area contributed by atoms with E-state index >= 15 is 0 Å². The fourth-order valence-corrected chi connectivity index (χ4v) is 3.55. The molecule has 7 nitrogen and oxygen atoms in total. The number of anilines is 2. The molecule has 1 aliphatic heterocycles. The quantitative estimate of drug-likeness (QED) is 0.748. The number of para-hydroxylation sites is 1. The topological polar surface area (TPSA) is 84.1 Å². The normalized spacial score (nSPS) is 15.5. The lowest BCUT2D eigenvalue weighted by Crippen LogP contribution is -2.46. The first-order valence-electron chi connectivity index (χ1n) is 9.83. The molecule has 0 radical (unpaired) electrons. The van der Waals surface area contributed by atoms with Gasteiger partial charge in [-0.05, 0) is 19.1 Å². The Kier molecular flexibility index (Phi) is 5.09. The summed E-state index contributed by atoms with van der Waals surface area (Å²) in [6.07, 6.45) is 0. The summed E-state index contributed by atoms with van der Waals surface area (Å²) < 4.78 is 0. The third kappa shape index (κ3) is 3.89. The highest BCUT2D eigenvalue weighted by Gasteiger charge is 2.20. The van der Waals surface area contributed by atoms with Gasteiger partial charge in [0.05, 0.1) is 12.1 Å². The minimum absolute atomic E-state index is 0.329. The summed E-state index contributed by atoms with van der Waals surface area (Å²) in [6, 6.07) is 9.96. The number of fused-ring (bicyclic) bond motifs is 1. The average molecular weight is 377 g/mol. The molecule has 1 fully saturated rings. The van der Waals surface area contributed by atoms with Gasteiger partial charge < -0.3 is 10.6 Å². The molecule has 0 bridgehead atoms. The summed E-state index contributed by atoms with van der Waals surface area (Å²) in [5.74, 6) is 3.61.